The lowest BCUT2D eigenvalue weighted by molar-refractivity contribution is 0.0987. The zero-order valence-electron chi connectivity index (χ0n) is 10.5. The van der Waals surface area contributed by atoms with E-state index >= 15 is 0 Å². The molecular weight excluding hydrogens is 271 g/mol. The minimum Gasteiger partial charge on any atom is -0.481 e. The molecule has 0 atom stereocenters. The minimum absolute atomic E-state index is 0.00321. The molecule has 4 nitrogen and oxygen atoms in total. The number of methoxy groups -OCH3 is 1. The Hall–Kier alpha value is -1.88. The van der Waals surface area contributed by atoms with Crippen LogP contribution in [0, 0.1) is 5.82 Å². The summed E-state index contributed by atoms with van der Waals surface area (Å²) in [5.41, 5.74) is 0.705. The van der Waals surface area contributed by atoms with E-state index in [1.54, 1.807) is 7.05 Å². The van der Waals surface area contributed by atoms with Gasteiger partial charge in [-0.25, -0.2) is 9.07 Å². The molecule has 1 heterocycles. The number of aromatic nitrogens is 2. The van der Waals surface area contributed by atoms with Gasteiger partial charge >= 0.3 is 0 Å². The molecule has 0 amide bonds. The van der Waals surface area contributed by atoms with Gasteiger partial charge in [-0.15, -0.1) is 0 Å². The zero-order chi connectivity index (χ0) is 14.0. The predicted molar refractivity (Wildman–Crippen MR) is 69.2 cm³/mol. The molecule has 0 unspecified atom stereocenters. The molecule has 0 saturated carbocycles. The van der Waals surface area contributed by atoms with E-state index in [1.165, 1.54) is 36.1 Å². The minimum atomic E-state index is -0.425. The number of benzene rings is 1. The van der Waals surface area contributed by atoms with Crippen LogP contribution in [0.2, 0.25) is 5.02 Å². The third-order valence-electron chi connectivity index (χ3n) is 2.69. The van der Waals surface area contributed by atoms with Gasteiger partial charge in [0.25, 0.3) is 0 Å². The highest BCUT2D eigenvalue weighted by Crippen LogP contribution is 2.20. The highest BCUT2D eigenvalue weighted by atomic mass is 35.5. The second kappa shape index (κ2) is 5.40. The molecule has 0 aliphatic heterocycles. The molecule has 2 aromatic rings. The van der Waals surface area contributed by atoms with E-state index in [-0.39, 0.29) is 17.9 Å². The molecule has 0 spiro atoms. The Morgan fingerprint density at radius 1 is 1.47 bits per heavy atom. The van der Waals surface area contributed by atoms with Crippen molar-refractivity contribution in [3.63, 3.8) is 0 Å². The number of nitrogens with zero attached hydrogens (tertiary/aromatic N) is 2. The highest BCUT2D eigenvalue weighted by Gasteiger charge is 2.15. The summed E-state index contributed by atoms with van der Waals surface area (Å²) in [6, 6.07) is 5.47. The van der Waals surface area contributed by atoms with Crippen molar-refractivity contribution < 1.29 is 13.9 Å². The number of rotatable bonds is 4. The third kappa shape index (κ3) is 2.93. The summed E-state index contributed by atoms with van der Waals surface area (Å²) in [6.45, 7) is 0. The first-order valence-corrected chi connectivity index (χ1v) is 5.94. The molecule has 0 aliphatic rings. The molecule has 100 valence electrons. The second-order valence-corrected chi connectivity index (χ2v) is 4.44. The number of hydrogen-bond acceptors (Lipinski definition) is 3. The van der Waals surface area contributed by atoms with Crippen molar-refractivity contribution in [2.45, 2.75) is 6.42 Å². The van der Waals surface area contributed by atoms with Crippen LogP contribution in [-0.4, -0.2) is 22.7 Å². The normalized spacial score (nSPS) is 10.5. The van der Waals surface area contributed by atoms with E-state index < -0.39 is 5.82 Å². The summed E-state index contributed by atoms with van der Waals surface area (Å²) in [7, 11) is 3.17. The Morgan fingerprint density at radius 3 is 2.84 bits per heavy atom. The van der Waals surface area contributed by atoms with Gasteiger partial charge in [-0.1, -0.05) is 11.6 Å². The molecule has 2 rings (SSSR count). The first kappa shape index (κ1) is 13.5. The van der Waals surface area contributed by atoms with E-state index in [4.69, 9.17) is 16.3 Å². The van der Waals surface area contributed by atoms with Crippen molar-refractivity contribution in [2.75, 3.05) is 7.11 Å². The van der Waals surface area contributed by atoms with Crippen LogP contribution in [-0.2, 0) is 13.5 Å². The van der Waals surface area contributed by atoms with Crippen molar-refractivity contribution in [3.05, 3.63) is 46.4 Å². The standard InChI is InChI=1S/C13H12ClFN2O2/c1-17-13(19-2)7-11(16-17)12(18)6-8-5-9(15)3-4-10(8)14/h3-5,7H,6H2,1-2H3. The molecule has 0 N–H and O–H groups in total. The molecule has 0 saturated heterocycles. The number of ether oxygens (including phenoxy) is 1. The van der Waals surface area contributed by atoms with Gasteiger partial charge in [0, 0.05) is 24.6 Å². The molecular formula is C13H12ClFN2O2. The average Bonchev–Trinajstić information content (AvgIpc) is 2.75. The smallest absolute Gasteiger partial charge is 0.211 e. The summed E-state index contributed by atoms with van der Waals surface area (Å²) in [4.78, 5) is 12.0. The fourth-order valence-electron chi connectivity index (χ4n) is 1.72. The molecule has 0 radical (unpaired) electrons. The summed E-state index contributed by atoms with van der Waals surface area (Å²) in [5.74, 6) is -0.189. The summed E-state index contributed by atoms with van der Waals surface area (Å²) in [5, 5.41) is 4.39. The average molecular weight is 283 g/mol. The van der Waals surface area contributed by atoms with Gasteiger partial charge in [0.15, 0.2) is 5.78 Å². The monoisotopic (exact) mass is 282 g/mol. The third-order valence-corrected chi connectivity index (χ3v) is 3.06. The Morgan fingerprint density at radius 2 is 2.21 bits per heavy atom. The van der Waals surface area contributed by atoms with Crippen LogP contribution in [0.1, 0.15) is 16.1 Å². The Bertz CT molecular complexity index is 625. The molecule has 6 heteroatoms. The zero-order valence-corrected chi connectivity index (χ0v) is 11.2. The van der Waals surface area contributed by atoms with Gasteiger partial charge in [0.1, 0.15) is 11.5 Å². The molecule has 19 heavy (non-hydrogen) atoms. The predicted octanol–water partition coefficient (Wildman–Crippen LogP) is 2.65. The fraction of sp³-hybridized carbons (Fsp3) is 0.231. The van der Waals surface area contributed by atoms with Gasteiger partial charge in [-0.3, -0.25) is 4.79 Å². The van der Waals surface area contributed by atoms with Crippen LogP contribution in [0.4, 0.5) is 4.39 Å². The summed E-state index contributed by atoms with van der Waals surface area (Å²) >= 11 is 5.92. The van der Waals surface area contributed by atoms with E-state index in [2.05, 4.69) is 5.10 Å². The largest absolute Gasteiger partial charge is 0.481 e. The lowest BCUT2D eigenvalue weighted by Crippen LogP contribution is -2.06. The Kier molecular flexibility index (Phi) is 3.85. The van der Waals surface area contributed by atoms with Gasteiger partial charge in [0.2, 0.25) is 5.88 Å². The van der Waals surface area contributed by atoms with E-state index in [0.717, 1.165) is 0 Å². The van der Waals surface area contributed by atoms with Crippen molar-refractivity contribution in [3.8, 4) is 5.88 Å². The van der Waals surface area contributed by atoms with Crippen LogP contribution in [0.3, 0.4) is 0 Å². The maximum absolute atomic E-state index is 13.1. The van der Waals surface area contributed by atoms with Crippen LogP contribution in [0.25, 0.3) is 0 Å². The number of carbonyl (C=O) groups is 1. The maximum Gasteiger partial charge on any atom is 0.211 e. The van der Waals surface area contributed by atoms with Crippen LogP contribution >= 0.6 is 11.6 Å². The molecule has 1 aromatic heterocycles. The van der Waals surface area contributed by atoms with Crippen LogP contribution < -0.4 is 4.74 Å². The van der Waals surface area contributed by atoms with Crippen molar-refractivity contribution in [1.82, 2.24) is 9.78 Å². The molecule has 0 bridgehead atoms. The number of Topliss-reactive ketones (excluding diaryl/α,β-unsaturated/α-hetero) is 1. The van der Waals surface area contributed by atoms with Crippen LogP contribution in [0.15, 0.2) is 24.3 Å². The van der Waals surface area contributed by atoms with Gasteiger partial charge in [-0.05, 0) is 23.8 Å². The number of ketones is 1. The van der Waals surface area contributed by atoms with Gasteiger partial charge in [-0.2, -0.15) is 5.10 Å². The first-order valence-electron chi connectivity index (χ1n) is 5.56. The SMILES string of the molecule is COc1cc(C(=O)Cc2cc(F)ccc2Cl)nn1C. The fourth-order valence-corrected chi connectivity index (χ4v) is 1.90. The number of carbonyl (C=O) groups excluding carboxylic acids is 1. The van der Waals surface area contributed by atoms with Gasteiger partial charge in [0.05, 0.1) is 7.11 Å². The quantitative estimate of drug-likeness (QED) is 0.810. The number of hydrogen-bond donors (Lipinski definition) is 0. The van der Waals surface area contributed by atoms with Crippen molar-refractivity contribution in [1.29, 1.82) is 0 Å². The van der Waals surface area contributed by atoms with Crippen molar-refractivity contribution in [2.24, 2.45) is 7.05 Å². The Labute approximate surface area is 114 Å². The second-order valence-electron chi connectivity index (χ2n) is 4.03. The molecule has 0 aliphatic carbocycles. The highest BCUT2D eigenvalue weighted by molar-refractivity contribution is 6.31. The summed E-state index contributed by atoms with van der Waals surface area (Å²) < 4.78 is 19.6. The molecule has 0 fully saturated rings. The van der Waals surface area contributed by atoms with E-state index in [9.17, 15) is 9.18 Å². The Balaban J connectivity index is 2.22. The lowest BCUT2D eigenvalue weighted by atomic mass is 10.1. The van der Waals surface area contributed by atoms with Crippen LogP contribution in [0.5, 0.6) is 5.88 Å². The molecule has 1 aromatic carbocycles. The topological polar surface area (TPSA) is 44.1 Å². The van der Waals surface area contributed by atoms with Gasteiger partial charge < -0.3 is 4.74 Å². The van der Waals surface area contributed by atoms with E-state index in [0.29, 0.717) is 16.5 Å². The summed E-state index contributed by atoms with van der Waals surface area (Å²) in [6.07, 6.45) is -0.00321. The number of aryl methyl sites for hydroxylation is 1. The van der Waals surface area contributed by atoms with E-state index in [1.807, 2.05) is 0 Å². The first-order chi connectivity index (χ1) is 9.01. The lowest BCUT2D eigenvalue weighted by Gasteiger charge is -2.02. The number of halogens is 2. The maximum atomic E-state index is 13.1. The van der Waals surface area contributed by atoms with Crippen molar-refractivity contribution >= 4 is 17.4 Å².